The Kier molecular flexibility index (Phi) is 4.17. The molecule has 1 aromatic carbocycles. The Bertz CT molecular complexity index is 1180. The van der Waals surface area contributed by atoms with Gasteiger partial charge in [0, 0.05) is 18.4 Å². The van der Waals surface area contributed by atoms with Gasteiger partial charge in [0.2, 0.25) is 0 Å². The third-order valence-corrected chi connectivity index (χ3v) is 4.96. The average molecular weight is 356 g/mol. The van der Waals surface area contributed by atoms with Gasteiger partial charge < -0.3 is 13.6 Å². The molecule has 5 heteroatoms. The minimum Gasteiger partial charge on any atom is -0.467 e. The molecule has 0 N–H and O–H groups in total. The predicted octanol–water partition coefficient (Wildman–Crippen LogP) is 4.70. The zero-order valence-corrected chi connectivity index (χ0v) is 15.6. The first kappa shape index (κ1) is 16.9. The van der Waals surface area contributed by atoms with Crippen molar-refractivity contribution in [1.29, 1.82) is 5.26 Å². The number of hydrogen-bond donors (Lipinski definition) is 0. The SMILES string of the molecule is Cc1cc(/C=C(\C#N)c2nc3ccccc3n2C)c(C)n1Cc1ccco1. The van der Waals surface area contributed by atoms with Crippen LogP contribution in [0.5, 0.6) is 0 Å². The van der Waals surface area contributed by atoms with Gasteiger partial charge in [0.1, 0.15) is 11.8 Å². The summed E-state index contributed by atoms with van der Waals surface area (Å²) in [5, 5.41) is 9.77. The van der Waals surface area contributed by atoms with Crippen molar-refractivity contribution in [3.05, 3.63) is 77.3 Å². The van der Waals surface area contributed by atoms with Crippen LogP contribution in [-0.2, 0) is 13.6 Å². The van der Waals surface area contributed by atoms with Crippen LogP contribution < -0.4 is 0 Å². The second kappa shape index (κ2) is 6.65. The molecule has 0 saturated heterocycles. The second-order valence-electron chi connectivity index (χ2n) is 6.64. The van der Waals surface area contributed by atoms with E-state index in [4.69, 9.17) is 4.42 Å². The van der Waals surface area contributed by atoms with Crippen molar-refractivity contribution in [2.24, 2.45) is 7.05 Å². The third-order valence-electron chi connectivity index (χ3n) is 4.96. The maximum atomic E-state index is 9.77. The predicted molar refractivity (Wildman–Crippen MR) is 106 cm³/mol. The minimum absolute atomic E-state index is 0.548. The molecule has 27 heavy (non-hydrogen) atoms. The van der Waals surface area contributed by atoms with E-state index in [1.165, 1.54) is 0 Å². The molecule has 0 aliphatic carbocycles. The van der Waals surface area contributed by atoms with Gasteiger partial charge in [-0.2, -0.15) is 5.26 Å². The molecule has 0 fully saturated rings. The Labute approximate surface area is 157 Å². The normalized spacial score (nSPS) is 11.9. The van der Waals surface area contributed by atoms with Gasteiger partial charge in [0.05, 0.1) is 29.4 Å². The van der Waals surface area contributed by atoms with E-state index in [0.29, 0.717) is 17.9 Å². The molecule has 0 saturated carbocycles. The molecular formula is C22H20N4O. The lowest BCUT2D eigenvalue weighted by Gasteiger charge is -2.07. The van der Waals surface area contributed by atoms with E-state index >= 15 is 0 Å². The number of para-hydroxylation sites is 2. The first-order valence-electron chi connectivity index (χ1n) is 8.81. The van der Waals surface area contributed by atoms with Crippen molar-refractivity contribution in [2.45, 2.75) is 20.4 Å². The lowest BCUT2D eigenvalue weighted by atomic mass is 10.1. The highest BCUT2D eigenvalue weighted by atomic mass is 16.3. The molecule has 3 aromatic heterocycles. The minimum atomic E-state index is 0.548. The largest absolute Gasteiger partial charge is 0.467 e. The lowest BCUT2D eigenvalue weighted by Crippen LogP contribution is -2.03. The smallest absolute Gasteiger partial charge is 0.151 e. The molecule has 4 rings (SSSR count). The molecular weight excluding hydrogens is 336 g/mol. The number of nitrogens with zero attached hydrogens (tertiary/aromatic N) is 4. The summed E-state index contributed by atoms with van der Waals surface area (Å²) in [5.74, 6) is 1.58. The summed E-state index contributed by atoms with van der Waals surface area (Å²) >= 11 is 0. The highest BCUT2D eigenvalue weighted by molar-refractivity contribution is 5.91. The van der Waals surface area contributed by atoms with Gasteiger partial charge in [-0.05, 0) is 55.8 Å². The fourth-order valence-electron chi connectivity index (χ4n) is 3.46. The Morgan fingerprint density at radius 2 is 2.04 bits per heavy atom. The number of fused-ring (bicyclic) bond motifs is 1. The van der Waals surface area contributed by atoms with Gasteiger partial charge in [-0.3, -0.25) is 0 Å². The van der Waals surface area contributed by atoms with Crippen molar-refractivity contribution in [3.8, 4) is 6.07 Å². The van der Waals surface area contributed by atoms with Gasteiger partial charge >= 0.3 is 0 Å². The summed E-state index contributed by atoms with van der Waals surface area (Å²) < 4.78 is 9.63. The highest BCUT2D eigenvalue weighted by Crippen LogP contribution is 2.25. The van der Waals surface area contributed by atoms with Crippen molar-refractivity contribution < 1.29 is 4.42 Å². The van der Waals surface area contributed by atoms with Crippen LogP contribution in [-0.4, -0.2) is 14.1 Å². The average Bonchev–Trinajstić information content (AvgIpc) is 3.36. The van der Waals surface area contributed by atoms with Gasteiger partial charge in [0.25, 0.3) is 0 Å². The summed E-state index contributed by atoms with van der Waals surface area (Å²) in [6.07, 6.45) is 3.60. The second-order valence-corrected chi connectivity index (χ2v) is 6.64. The monoisotopic (exact) mass is 356 g/mol. The number of imidazole rings is 1. The van der Waals surface area contributed by atoms with Gasteiger partial charge in [-0.15, -0.1) is 0 Å². The molecule has 3 heterocycles. The highest BCUT2D eigenvalue weighted by Gasteiger charge is 2.14. The first-order chi connectivity index (χ1) is 13.1. The number of aryl methyl sites for hydroxylation is 2. The summed E-state index contributed by atoms with van der Waals surface area (Å²) in [4.78, 5) is 4.65. The van der Waals surface area contributed by atoms with Crippen LogP contribution in [0, 0.1) is 25.2 Å². The fourth-order valence-corrected chi connectivity index (χ4v) is 3.46. The maximum Gasteiger partial charge on any atom is 0.151 e. The summed E-state index contributed by atoms with van der Waals surface area (Å²) in [6, 6.07) is 16.2. The molecule has 0 bridgehead atoms. The third kappa shape index (κ3) is 2.96. The Morgan fingerprint density at radius 1 is 1.22 bits per heavy atom. The number of furan rings is 1. The van der Waals surface area contributed by atoms with Crippen LogP contribution in [0.1, 0.15) is 28.5 Å². The van der Waals surface area contributed by atoms with Crippen LogP contribution in [0.25, 0.3) is 22.7 Å². The lowest BCUT2D eigenvalue weighted by molar-refractivity contribution is 0.489. The zero-order valence-electron chi connectivity index (χ0n) is 15.6. The molecule has 0 spiro atoms. The first-order valence-corrected chi connectivity index (χ1v) is 8.81. The molecule has 0 aliphatic heterocycles. The Morgan fingerprint density at radius 3 is 2.74 bits per heavy atom. The zero-order chi connectivity index (χ0) is 19.0. The standard InChI is InChI=1S/C22H20N4O/c1-15-11-17(16(2)26(15)14-19-7-6-10-27-19)12-18(13-23)22-24-20-8-4-5-9-21(20)25(22)3/h4-12H,14H2,1-3H3/b18-12+. The Hall–Kier alpha value is -3.52. The van der Waals surface area contributed by atoms with Crippen LogP contribution in [0.3, 0.4) is 0 Å². The molecule has 0 amide bonds. The van der Waals surface area contributed by atoms with E-state index in [0.717, 1.165) is 33.7 Å². The quantitative estimate of drug-likeness (QED) is 0.498. The van der Waals surface area contributed by atoms with Crippen molar-refractivity contribution >= 4 is 22.7 Å². The molecule has 0 aliphatic rings. The van der Waals surface area contributed by atoms with Crippen LogP contribution in [0.4, 0.5) is 0 Å². The molecule has 0 radical (unpaired) electrons. The number of allylic oxidation sites excluding steroid dienone is 1. The van der Waals surface area contributed by atoms with E-state index in [1.54, 1.807) is 6.26 Å². The molecule has 0 atom stereocenters. The molecule has 134 valence electrons. The van der Waals surface area contributed by atoms with Gasteiger partial charge in [-0.1, -0.05) is 12.1 Å². The van der Waals surface area contributed by atoms with Crippen LogP contribution >= 0.6 is 0 Å². The van der Waals surface area contributed by atoms with Crippen molar-refractivity contribution in [1.82, 2.24) is 14.1 Å². The van der Waals surface area contributed by atoms with Crippen LogP contribution in [0.2, 0.25) is 0 Å². The number of hydrogen-bond acceptors (Lipinski definition) is 3. The van der Waals surface area contributed by atoms with Gasteiger partial charge in [-0.25, -0.2) is 4.98 Å². The number of rotatable bonds is 4. The Balaban J connectivity index is 1.77. The van der Waals surface area contributed by atoms with Crippen molar-refractivity contribution in [2.75, 3.05) is 0 Å². The maximum absolute atomic E-state index is 9.77. The van der Waals surface area contributed by atoms with Crippen LogP contribution in [0.15, 0.2) is 53.1 Å². The molecule has 5 nitrogen and oxygen atoms in total. The topological polar surface area (TPSA) is 59.7 Å². The van der Waals surface area contributed by atoms with Gasteiger partial charge in [0.15, 0.2) is 5.82 Å². The number of nitriles is 1. The summed E-state index contributed by atoms with van der Waals surface area (Å²) in [7, 11) is 1.94. The molecule has 0 unspecified atom stereocenters. The number of benzene rings is 1. The van der Waals surface area contributed by atoms with E-state index < -0.39 is 0 Å². The number of aromatic nitrogens is 3. The van der Waals surface area contributed by atoms with E-state index in [9.17, 15) is 5.26 Å². The van der Waals surface area contributed by atoms with Crippen molar-refractivity contribution in [3.63, 3.8) is 0 Å². The summed E-state index contributed by atoms with van der Waals surface area (Å²) in [5.41, 5.74) is 5.68. The summed E-state index contributed by atoms with van der Waals surface area (Å²) in [6.45, 7) is 4.80. The van der Waals surface area contributed by atoms with E-state index in [2.05, 4.69) is 35.5 Å². The molecule has 4 aromatic rings. The van der Waals surface area contributed by atoms with E-state index in [1.807, 2.05) is 54.1 Å². The fraction of sp³-hybridized carbons (Fsp3) is 0.182. The van der Waals surface area contributed by atoms with E-state index in [-0.39, 0.29) is 0 Å².